The quantitative estimate of drug-likeness (QED) is 0.661. The molecule has 0 radical (unpaired) electrons. The van der Waals surface area contributed by atoms with Crippen LogP contribution >= 0.6 is 22.9 Å². The lowest BCUT2D eigenvalue weighted by molar-refractivity contribution is 0.677. The molecule has 0 aliphatic rings. The van der Waals surface area contributed by atoms with E-state index in [1.807, 2.05) is 66.0 Å². The second-order valence-electron chi connectivity index (χ2n) is 4.82. The summed E-state index contributed by atoms with van der Waals surface area (Å²) >= 11 is 7.24. The molecule has 5 heteroatoms. The molecule has 0 amide bonds. The second kappa shape index (κ2) is 7.18. The van der Waals surface area contributed by atoms with Crippen LogP contribution in [-0.4, -0.2) is 9.19 Å². The lowest BCUT2D eigenvalue weighted by Gasteiger charge is -2.17. The van der Waals surface area contributed by atoms with E-state index in [4.69, 9.17) is 11.6 Å². The van der Waals surface area contributed by atoms with E-state index in [-0.39, 0.29) is 5.25 Å². The smallest absolute Gasteiger partial charge is 0.183 e. The van der Waals surface area contributed by atoms with Crippen LogP contribution in [0.3, 0.4) is 0 Å². The average Bonchev–Trinajstić information content (AvgIpc) is 2.95. The van der Waals surface area contributed by atoms with Crippen molar-refractivity contribution in [3.63, 3.8) is 0 Å². The van der Waals surface area contributed by atoms with E-state index < -0.39 is 10.8 Å². The summed E-state index contributed by atoms with van der Waals surface area (Å²) in [5, 5.41) is 1.70. The molecule has 0 saturated carbocycles. The van der Waals surface area contributed by atoms with E-state index in [0.717, 1.165) is 16.8 Å². The van der Waals surface area contributed by atoms with Crippen molar-refractivity contribution in [3.05, 3.63) is 87.3 Å². The molecule has 2 aromatic carbocycles. The zero-order valence-corrected chi connectivity index (χ0v) is 14.1. The lowest BCUT2D eigenvalue weighted by atomic mass is 10.0. The van der Waals surface area contributed by atoms with E-state index >= 15 is 0 Å². The summed E-state index contributed by atoms with van der Waals surface area (Å²) in [6.45, 7) is 0. The zero-order chi connectivity index (χ0) is 15.4. The first-order valence-corrected chi connectivity index (χ1v) is 9.45. The van der Waals surface area contributed by atoms with Crippen molar-refractivity contribution in [2.45, 2.75) is 11.0 Å². The average molecular weight is 348 g/mol. The third-order valence-corrected chi connectivity index (χ3v) is 5.96. The highest BCUT2D eigenvalue weighted by molar-refractivity contribution is 7.84. The molecule has 3 aromatic rings. The molecule has 1 aromatic heterocycles. The van der Waals surface area contributed by atoms with Crippen molar-refractivity contribution in [2.24, 2.45) is 0 Å². The molecule has 22 heavy (non-hydrogen) atoms. The maximum atomic E-state index is 13.0. The Balaban J connectivity index is 1.93. The summed E-state index contributed by atoms with van der Waals surface area (Å²) in [6, 6.07) is 19.9. The van der Waals surface area contributed by atoms with Crippen molar-refractivity contribution in [2.75, 3.05) is 0 Å². The third-order valence-electron chi connectivity index (χ3n) is 3.28. The fourth-order valence-corrected chi connectivity index (χ4v) is 4.74. The van der Waals surface area contributed by atoms with Crippen LogP contribution in [0.15, 0.2) is 66.0 Å². The number of thiazole rings is 1. The predicted octanol–water partition coefficient (Wildman–Crippen LogP) is 4.83. The van der Waals surface area contributed by atoms with Crippen LogP contribution in [0, 0.1) is 0 Å². The Hall–Kier alpha value is -1.49. The van der Waals surface area contributed by atoms with Gasteiger partial charge in [0.05, 0.1) is 16.7 Å². The minimum atomic E-state index is -1.11. The molecule has 0 aliphatic heterocycles. The largest absolute Gasteiger partial charge is 0.258 e. The van der Waals surface area contributed by atoms with Crippen LogP contribution in [-0.2, 0) is 16.6 Å². The predicted molar refractivity (Wildman–Crippen MR) is 93.7 cm³/mol. The van der Waals surface area contributed by atoms with E-state index in [0.29, 0.717) is 10.2 Å². The van der Waals surface area contributed by atoms with Gasteiger partial charge in [0.1, 0.15) is 0 Å². The van der Waals surface area contributed by atoms with Gasteiger partial charge in [0.15, 0.2) is 4.47 Å². The van der Waals surface area contributed by atoms with Gasteiger partial charge >= 0.3 is 0 Å². The Kier molecular flexibility index (Phi) is 5.03. The highest BCUT2D eigenvalue weighted by Crippen LogP contribution is 2.30. The fraction of sp³-hybridized carbons (Fsp3) is 0.118. The number of aromatic nitrogens is 1. The highest BCUT2D eigenvalue weighted by atomic mass is 35.5. The fourth-order valence-electron chi connectivity index (χ4n) is 2.33. The van der Waals surface area contributed by atoms with Gasteiger partial charge < -0.3 is 0 Å². The molecule has 0 aliphatic carbocycles. The van der Waals surface area contributed by atoms with Gasteiger partial charge in [-0.25, -0.2) is 4.98 Å². The number of rotatable bonds is 5. The van der Waals surface area contributed by atoms with Gasteiger partial charge in [0.2, 0.25) is 0 Å². The number of halogens is 1. The Bertz CT molecular complexity index is 719. The molecule has 112 valence electrons. The van der Waals surface area contributed by atoms with Gasteiger partial charge in [-0.1, -0.05) is 72.3 Å². The highest BCUT2D eigenvalue weighted by Gasteiger charge is 2.22. The zero-order valence-electron chi connectivity index (χ0n) is 11.7. The summed E-state index contributed by atoms with van der Waals surface area (Å²) in [7, 11) is -1.11. The number of hydrogen-bond acceptors (Lipinski definition) is 3. The van der Waals surface area contributed by atoms with Crippen LogP contribution in [0.5, 0.6) is 0 Å². The van der Waals surface area contributed by atoms with E-state index in [1.165, 1.54) is 11.3 Å². The second-order valence-corrected chi connectivity index (χ2v) is 7.78. The van der Waals surface area contributed by atoms with Gasteiger partial charge in [-0.05, 0) is 11.1 Å². The van der Waals surface area contributed by atoms with Gasteiger partial charge in [-0.2, -0.15) is 0 Å². The van der Waals surface area contributed by atoms with Crippen LogP contribution < -0.4 is 0 Å². The van der Waals surface area contributed by atoms with Crippen LogP contribution in [0.4, 0.5) is 0 Å². The van der Waals surface area contributed by atoms with Crippen LogP contribution in [0.2, 0.25) is 4.47 Å². The molecular weight excluding hydrogens is 334 g/mol. The molecule has 0 spiro atoms. The van der Waals surface area contributed by atoms with Crippen LogP contribution in [0.1, 0.15) is 22.1 Å². The van der Waals surface area contributed by atoms with Gasteiger partial charge in [0, 0.05) is 16.2 Å². The summed E-state index contributed by atoms with van der Waals surface area (Å²) in [5.41, 5.74) is 2.88. The molecular formula is C17H14ClNOS2. The monoisotopic (exact) mass is 347 g/mol. The van der Waals surface area contributed by atoms with Crippen molar-refractivity contribution in [3.8, 4) is 0 Å². The van der Waals surface area contributed by atoms with E-state index in [2.05, 4.69) is 4.98 Å². The SMILES string of the molecule is O=S(Cc1csc(Cl)n1)C(c1ccccc1)c1ccccc1. The minimum Gasteiger partial charge on any atom is -0.258 e. The summed E-state index contributed by atoms with van der Waals surface area (Å²) in [5.74, 6) is 0.400. The van der Waals surface area contributed by atoms with Gasteiger partial charge in [0.25, 0.3) is 0 Å². The van der Waals surface area contributed by atoms with Gasteiger partial charge in [-0.15, -0.1) is 11.3 Å². The van der Waals surface area contributed by atoms with Crippen molar-refractivity contribution >= 4 is 33.7 Å². The minimum absolute atomic E-state index is 0.164. The first-order valence-electron chi connectivity index (χ1n) is 6.81. The molecule has 1 unspecified atom stereocenters. The molecule has 0 fully saturated rings. The molecule has 1 atom stereocenters. The maximum Gasteiger partial charge on any atom is 0.183 e. The van der Waals surface area contributed by atoms with Gasteiger partial charge in [-0.3, -0.25) is 4.21 Å². The molecule has 1 heterocycles. The maximum absolute atomic E-state index is 13.0. The summed E-state index contributed by atoms with van der Waals surface area (Å²) in [4.78, 5) is 4.21. The standard InChI is InChI=1S/C17H14ClNOS2/c18-17-19-15(11-21-17)12-22(20)16(13-7-3-1-4-8-13)14-9-5-2-6-10-14/h1-11,16H,12H2. The summed E-state index contributed by atoms with van der Waals surface area (Å²) in [6.07, 6.45) is 0. The Morgan fingerprint density at radius 3 is 2.00 bits per heavy atom. The topological polar surface area (TPSA) is 30.0 Å². The van der Waals surface area contributed by atoms with Crippen molar-refractivity contribution in [1.29, 1.82) is 0 Å². The van der Waals surface area contributed by atoms with E-state index in [9.17, 15) is 4.21 Å². The number of nitrogens with zero attached hydrogens (tertiary/aromatic N) is 1. The first-order chi connectivity index (χ1) is 10.7. The van der Waals surface area contributed by atoms with Crippen molar-refractivity contribution in [1.82, 2.24) is 4.98 Å². The molecule has 2 nitrogen and oxygen atoms in total. The molecule has 3 rings (SSSR count). The molecule has 0 saturated heterocycles. The normalized spacial score (nSPS) is 12.5. The Morgan fingerprint density at radius 1 is 1.00 bits per heavy atom. The Morgan fingerprint density at radius 2 is 1.55 bits per heavy atom. The summed E-state index contributed by atoms with van der Waals surface area (Å²) < 4.78 is 13.4. The molecule has 0 bridgehead atoms. The number of benzene rings is 2. The number of hydrogen-bond donors (Lipinski definition) is 0. The Labute approximate surface area is 141 Å². The molecule has 0 N–H and O–H groups in total. The van der Waals surface area contributed by atoms with Crippen LogP contribution in [0.25, 0.3) is 0 Å². The van der Waals surface area contributed by atoms with Crippen molar-refractivity contribution < 1.29 is 4.21 Å². The third kappa shape index (κ3) is 3.64. The lowest BCUT2D eigenvalue weighted by Crippen LogP contribution is -2.10. The van der Waals surface area contributed by atoms with E-state index in [1.54, 1.807) is 0 Å². The first kappa shape index (κ1) is 15.4.